The second-order valence-electron chi connectivity index (χ2n) is 6.28. The molecule has 0 aromatic carbocycles. The lowest BCUT2D eigenvalue weighted by molar-refractivity contribution is -0.922. The van der Waals surface area contributed by atoms with Crippen LogP contribution >= 0.6 is 0 Å². The van der Waals surface area contributed by atoms with Crippen molar-refractivity contribution in [3.05, 3.63) is 43.8 Å². The van der Waals surface area contributed by atoms with Crippen molar-refractivity contribution in [3.63, 3.8) is 0 Å². The number of fused-ring (bicyclic) bond motifs is 2. The van der Waals surface area contributed by atoms with Crippen molar-refractivity contribution in [3.8, 4) is 0 Å². The summed E-state index contributed by atoms with van der Waals surface area (Å²) in [7, 11) is 8.70. The van der Waals surface area contributed by atoms with E-state index in [9.17, 15) is 0 Å². The monoisotopic (exact) mass is 255 g/mol. The second kappa shape index (κ2) is 3.90. The Bertz CT molecular complexity index is 555. The molecule has 2 aliphatic heterocycles. The fraction of sp³-hybridized carbons (Fsp3) is 0.438. The first-order valence-electron chi connectivity index (χ1n) is 7.27. The summed E-state index contributed by atoms with van der Waals surface area (Å²) in [6.45, 7) is 1.02. The van der Waals surface area contributed by atoms with Crippen LogP contribution in [0.5, 0.6) is 0 Å². The summed E-state index contributed by atoms with van der Waals surface area (Å²) < 4.78 is 0. The highest BCUT2D eigenvalue weighted by Crippen LogP contribution is 2.40. The fourth-order valence-corrected chi connectivity index (χ4v) is 4.23. The molecule has 1 spiro atoms. The molecule has 2 atom stereocenters. The molecule has 1 aliphatic carbocycles. The first-order chi connectivity index (χ1) is 9.21. The van der Waals surface area contributed by atoms with E-state index in [4.69, 9.17) is 0 Å². The topological polar surface area (TPSA) is 21.8 Å². The molecule has 100 valence electrons. The molecule has 1 fully saturated rings. The number of quaternary nitrogens is 2. The number of rotatable bonds is 0. The van der Waals surface area contributed by atoms with Crippen molar-refractivity contribution in [1.29, 1.82) is 0 Å². The molecule has 0 saturated heterocycles. The van der Waals surface area contributed by atoms with E-state index in [1.165, 1.54) is 58.1 Å². The summed E-state index contributed by atoms with van der Waals surface area (Å²) in [6.07, 6.45) is 8.40. The van der Waals surface area contributed by atoms with Crippen molar-refractivity contribution in [2.75, 3.05) is 6.54 Å². The van der Waals surface area contributed by atoms with Gasteiger partial charge in [0.1, 0.15) is 23.6 Å². The molecule has 1 saturated carbocycles. The summed E-state index contributed by atoms with van der Waals surface area (Å²) in [5, 5.41) is 0. The lowest BCUT2D eigenvalue weighted by Crippen LogP contribution is -3.19. The number of pyridine rings is 1. The van der Waals surface area contributed by atoms with Crippen LogP contribution in [0.1, 0.15) is 37.8 Å². The maximum Gasteiger partial charge on any atom is 0.145 e. The van der Waals surface area contributed by atoms with E-state index >= 15 is 0 Å². The van der Waals surface area contributed by atoms with E-state index in [-0.39, 0.29) is 0 Å². The van der Waals surface area contributed by atoms with Crippen LogP contribution in [0.4, 0.5) is 5.69 Å². The summed E-state index contributed by atoms with van der Waals surface area (Å²) in [6, 6.07) is 4.18. The van der Waals surface area contributed by atoms with Crippen molar-refractivity contribution in [2.24, 2.45) is 0 Å². The Morgan fingerprint density at radius 3 is 2.79 bits per heavy atom. The zero-order valence-corrected chi connectivity index (χ0v) is 11.3. The Labute approximate surface area is 114 Å². The molecule has 1 aromatic rings. The van der Waals surface area contributed by atoms with Crippen LogP contribution in [-0.4, -0.2) is 17.1 Å². The Morgan fingerprint density at radius 1 is 1.21 bits per heavy atom. The van der Waals surface area contributed by atoms with Gasteiger partial charge in [0.05, 0.1) is 11.1 Å². The fourth-order valence-electron chi connectivity index (χ4n) is 4.23. The van der Waals surface area contributed by atoms with Gasteiger partial charge in [-0.25, -0.2) is 0 Å². The molecule has 19 heavy (non-hydrogen) atoms. The average molecular weight is 255 g/mol. The molecule has 2 unspecified atom stereocenters. The lowest BCUT2D eigenvalue weighted by atomic mass is 9.83. The molecular weight excluding hydrogens is 234 g/mol. The molecule has 3 aliphatic rings. The molecule has 0 amide bonds. The predicted octanol–water partition coefficient (Wildman–Crippen LogP) is 0.507. The van der Waals surface area contributed by atoms with Crippen LogP contribution in [0.25, 0.3) is 5.57 Å². The molecule has 0 bridgehead atoms. The van der Waals surface area contributed by atoms with Gasteiger partial charge in [-0.05, 0) is 18.9 Å². The molecule has 3 nitrogen and oxygen atoms in total. The van der Waals surface area contributed by atoms with Gasteiger partial charge in [0, 0.05) is 31.5 Å². The summed E-state index contributed by atoms with van der Waals surface area (Å²) in [4.78, 5) is 7.25. The third kappa shape index (κ3) is 1.49. The highest BCUT2D eigenvalue weighted by molar-refractivity contribution is 5.76. The predicted molar refractivity (Wildman–Crippen MR) is 74.1 cm³/mol. The lowest BCUT2D eigenvalue weighted by Gasteiger charge is -2.44. The third-order valence-electron chi connectivity index (χ3n) is 5.36. The Kier molecular flexibility index (Phi) is 2.39. The highest BCUT2D eigenvalue weighted by atomic mass is 15.3. The molecule has 1 aromatic heterocycles. The second-order valence-corrected chi connectivity index (χ2v) is 6.28. The van der Waals surface area contributed by atoms with Crippen LogP contribution in [-0.2, 0) is 0 Å². The van der Waals surface area contributed by atoms with Crippen LogP contribution < -0.4 is 9.80 Å². The third-order valence-corrected chi connectivity index (χ3v) is 5.36. The molecule has 4 rings (SSSR count). The Balaban J connectivity index is 1.80. The molecule has 0 radical (unpaired) electrons. The minimum Gasteiger partial charge on any atom is -0.455 e. The summed E-state index contributed by atoms with van der Waals surface area (Å²) >= 11 is 0. The number of aromatic nitrogens is 1. The SMILES string of the molecule is [CH2-][NH+]1C2=C(CC3(CCCC3)[NH+]([CH2-])C2)c2ncccc21. The number of nitrogens with zero attached hydrogens (tertiary/aromatic N) is 1. The van der Waals surface area contributed by atoms with Gasteiger partial charge >= 0.3 is 0 Å². The van der Waals surface area contributed by atoms with Crippen LogP contribution in [0.2, 0.25) is 0 Å². The van der Waals surface area contributed by atoms with Gasteiger partial charge in [-0.15, -0.1) is 14.1 Å². The van der Waals surface area contributed by atoms with Gasteiger partial charge in [-0.2, -0.15) is 0 Å². The largest absolute Gasteiger partial charge is 0.455 e. The molecule has 3 heteroatoms. The van der Waals surface area contributed by atoms with Gasteiger partial charge in [0.15, 0.2) is 0 Å². The number of hydrogen-bond donors (Lipinski definition) is 2. The van der Waals surface area contributed by atoms with E-state index in [2.05, 4.69) is 25.1 Å². The van der Waals surface area contributed by atoms with Crippen molar-refractivity contribution >= 4 is 11.3 Å². The van der Waals surface area contributed by atoms with Crippen molar-refractivity contribution in [1.82, 2.24) is 4.98 Å². The van der Waals surface area contributed by atoms with E-state index in [0.717, 1.165) is 13.0 Å². The Morgan fingerprint density at radius 2 is 2.00 bits per heavy atom. The first kappa shape index (κ1) is 11.6. The number of hydrogen-bond acceptors (Lipinski definition) is 1. The molecule has 3 heterocycles. The van der Waals surface area contributed by atoms with Crippen LogP contribution in [0.3, 0.4) is 0 Å². The summed E-state index contributed by atoms with van der Waals surface area (Å²) in [5.41, 5.74) is 5.70. The molecular formula is C16H21N3. The van der Waals surface area contributed by atoms with Crippen LogP contribution in [0, 0.1) is 14.1 Å². The summed E-state index contributed by atoms with van der Waals surface area (Å²) in [5.74, 6) is 0. The smallest absolute Gasteiger partial charge is 0.145 e. The normalized spacial score (nSPS) is 31.7. The molecule has 2 N–H and O–H groups in total. The van der Waals surface area contributed by atoms with Gasteiger partial charge in [0.25, 0.3) is 0 Å². The van der Waals surface area contributed by atoms with E-state index < -0.39 is 0 Å². The van der Waals surface area contributed by atoms with Crippen molar-refractivity contribution in [2.45, 2.75) is 37.6 Å². The standard InChI is InChI=1S/C16H21N3/c1-18-11-14-12(10-16(18)7-3-4-8-16)15-13(19(14)2)6-5-9-17-15/h5-6,9,18-19H,1-4,7-8,10-11H2. The minimum atomic E-state index is 0.373. The van der Waals surface area contributed by atoms with Gasteiger partial charge in [0.2, 0.25) is 0 Å². The minimum absolute atomic E-state index is 0.373. The van der Waals surface area contributed by atoms with E-state index in [1.807, 2.05) is 12.3 Å². The zero-order chi connectivity index (χ0) is 13.0. The number of nitrogens with one attached hydrogen (secondary N) is 2. The quantitative estimate of drug-likeness (QED) is 0.648. The van der Waals surface area contributed by atoms with Gasteiger partial charge in [-0.1, -0.05) is 0 Å². The van der Waals surface area contributed by atoms with E-state index in [1.54, 1.807) is 0 Å². The van der Waals surface area contributed by atoms with Gasteiger partial charge < -0.3 is 9.80 Å². The van der Waals surface area contributed by atoms with Gasteiger partial charge in [-0.3, -0.25) is 4.98 Å². The Hall–Kier alpha value is -1.19. The van der Waals surface area contributed by atoms with E-state index in [0.29, 0.717) is 5.54 Å². The zero-order valence-electron chi connectivity index (χ0n) is 11.3. The maximum absolute atomic E-state index is 4.63. The van der Waals surface area contributed by atoms with Crippen molar-refractivity contribution < 1.29 is 9.80 Å². The van der Waals surface area contributed by atoms with Crippen LogP contribution in [0.15, 0.2) is 24.0 Å². The first-order valence-corrected chi connectivity index (χ1v) is 7.27. The maximum atomic E-state index is 4.63. The highest BCUT2D eigenvalue weighted by Gasteiger charge is 2.47. The average Bonchev–Trinajstić information content (AvgIpc) is 2.99.